The Morgan fingerprint density at radius 3 is 2.47 bits per heavy atom. The van der Waals surface area contributed by atoms with E-state index in [1.54, 1.807) is 0 Å². The van der Waals surface area contributed by atoms with E-state index in [1.807, 2.05) is 20.8 Å². The molecule has 1 N–H and O–H groups in total. The molecule has 1 saturated heterocycles. The first-order chi connectivity index (χ1) is 8.79. The van der Waals surface area contributed by atoms with Crippen LogP contribution in [0.2, 0.25) is 0 Å². The average molecular weight is 288 g/mol. The van der Waals surface area contributed by atoms with Gasteiger partial charge in [-0.25, -0.2) is 0 Å². The summed E-state index contributed by atoms with van der Waals surface area (Å²) < 4.78 is 32.8. The highest BCUT2D eigenvalue weighted by Gasteiger charge is 2.26. The van der Waals surface area contributed by atoms with Crippen molar-refractivity contribution >= 4 is 10.2 Å². The molecule has 1 aliphatic heterocycles. The Balaban J connectivity index is 1.97. The molecule has 0 atom stereocenters. The summed E-state index contributed by atoms with van der Waals surface area (Å²) >= 11 is 0. The highest BCUT2D eigenvalue weighted by Crippen LogP contribution is 2.18. The van der Waals surface area contributed by atoms with Crippen LogP contribution in [0.25, 0.3) is 0 Å². The molecule has 0 unspecified atom stereocenters. The van der Waals surface area contributed by atoms with Gasteiger partial charge in [-0.3, -0.25) is 0 Å². The van der Waals surface area contributed by atoms with Gasteiger partial charge < -0.3 is 4.52 Å². The van der Waals surface area contributed by atoms with Crippen LogP contribution in [0, 0.1) is 0 Å². The Morgan fingerprint density at radius 1 is 1.32 bits per heavy atom. The van der Waals surface area contributed by atoms with Crippen LogP contribution < -0.4 is 4.72 Å². The van der Waals surface area contributed by atoms with Gasteiger partial charge in [-0.2, -0.15) is 22.4 Å². The summed E-state index contributed by atoms with van der Waals surface area (Å²) in [6, 6.07) is 0. The predicted octanol–water partition coefficient (Wildman–Crippen LogP) is 0.797. The summed E-state index contributed by atoms with van der Waals surface area (Å²) in [4.78, 5) is 4.19. The zero-order chi connectivity index (χ0) is 14.1. The molecule has 1 aliphatic rings. The maximum atomic E-state index is 11.9. The Kier molecular flexibility index (Phi) is 3.93. The second kappa shape index (κ2) is 5.18. The second-order valence-corrected chi connectivity index (χ2v) is 7.45. The van der Waals surface area contributed by atoms with Gasteiger partial charge in [0.2, 0.25) is 5.89 Å². The summed E-state index contributed by atoms with van der Waals surface area (Å²) in [7, 11) is -3.43. The van der Waals surface area contributed by atoms with Crippen molar-refractivity contribution in [3.63, 3.8) is 0 Å². The van der Waals surface area contributed by atoms with Gasteiger partial charge in [-0.05, 0) is 12.8 Å². The third kappa shape index (κ3) is 3.52. The molecule has 0 radical (unpaired) electrons. The zero-order valence-corrected chi connectivity index (χ0v) is 12.3. The van der Waals surface area contributed by atoms with Gasteiger partial charge in [0.15, 0.2) is 5.82 Å². The van der Waals surface area contributed by atoms with Gasteiger partial charge >= 0.3 is 0 Å². The molecule has 7 nitrogen and oxygen atoms in total. The van der Waals surface area contributed by atoms with Gasteiger partial charge in [-0.15, -0.1) is 0 Å². The van der Waals surface area contributed by atoms with Gasteiger partial charge in [0, 0.05) is 18.5 Å². The van der Waals surface area contributed by atoms with Crippen LogP contribution in [0.15, 0.2) is 4.52 Å². The fraction of sp³-hybridized carbons (Fsp3) is 0.818. The SMILES string of the molecule is CC(C)(C)c1noc(CNS(=O)(=O)N2CCCC2)n1. The summed E-state index contributed by atoms with van der Waals surface area (Å²) in [6.45, 7) is 7.09. The molecule has 2 heterocycles. The molecule has 1 aromatic rings. The Bertz CT molecular complexity index is 526. The fourth-order valence-electron chi connectivity index (χ4n) is 1.80. The van der Waals surface area contributed by atoms with Crippen LogP contribution >= 0.6 is 0 Å². The maximum absolute atomic E-state index is 11.9. The number of nitrogens with one attached hydrogen (secondary N) is 1. The molecule has 2 rings (SSSR count). The van der Waals surface area contributed by atoms with E-state index >= 15 is 0 Å². The minimum Gasteiger partial charge on any atom is -0.338 e. The minimum absolute atomic E-state index is 0.0297. The van der Waals surface area contributed by atoms with Gasteiger partial charge in [0.25, 0.3) is 10.2 Å². The number of hydrogen-bond acceptors (Lipinski definition) is 5. The topological polar surface area (TPSA) is 88.3 Å². The molecule has 1 fully saturated rings. The largest absolute Gasteiger partial charge is 0.338 e. The summed E-state index contributed by atoms with van der Waals surface area (Å²) in [5.74, 6) is 0.857. The monoisotopic (exact) mass is 288 g/mol. The van der Waals surface area contributed by atoms with Crippen molar-refractivity contribution in [1.82, 2.24) is 19.2 Å². The molecule has 0 aromatic carbocycles. The van der Waals surface area contributed by atoms with E-state index in [0.717, 1.165) is 12.8 Å². The predicted molar refractivity (Wildman–Crippen MR) is 69.6 cm³/mol. The smallest absolute Gasteiger partial charge is 0.279 e. The zero-order valence-electron chi connectivity index (χ0n) is 11.5. The van der Waals surface area contributed by atoms with Crippen LogP contribution in [0.1, 0.15) is 45.3 Å². The highest BCUT2D eigenvalue weighted by atomic mass is 32.2. The number of aromatic nitrogens is 2. The van der Waals surface area contributed by atoms with Gasteiger partial charge in [0.1, 0.15) is 0 Å². The first-order valence-corrected chi connectivity index (χ1v) is 7.81. The van der Waals surface area contributed by atoms with Crippen molar-refractivity contribution in [2.45, 2.75) is 45.6 Å². The Labute approximate surface area is 113 Å². The maximum Gasteiger partial charge on any atom is 0.279 e. The van der Waals surface area contributed by atoms with E-state index in [-0.39, 0.29) is 17.9 Å². The van der Waals surface area contributed by atoms with Gasteiger partial charge in [0.05, 0.1) is 6.54 Å². The standard InChI is InChI=1S/C11H20N4O3S/c1-11(2,3)10-13-9(18-14-10)8-12-19(16,17)15-6-4-5-7-15/h12H,4-8H2,1-3H3. The van der Waals surface area contributed by atoms with Gasteiger partial charge in [-0.1, -0.05) is 25.9 Å². The minimum atomic E-state index is -3.43. The lowest BCUT2D eigenvalue weighted by Gasteiger charge is -2.14. The molecule has 0 amide bonds. The molecular weight excluding hydrogens is 268 g/mol. The molecule has 19 heavy (non-hydrogen) atoms. The molecule has 108 valence electrons. The van der Waals surface area contributed by atoms with Crippen LogP contribution in [-0.2, 0) is 22.2 Å². The normalized spacial score (nSPS) is 18.1. The molecule has 0 saturated carbocycles. The van der Waals surface area contributed by atoms with Crippen LogP contribution in [0.3, 0.4) is 0 Å². The fourth-order valence-corrected chi connectivity index (χ4v) is 3.03. The number of nitrogens with zero attached hydrogens (tertiary/aromatic N) is 3. The average Bonchev–Trinajstić information content (AvgIpc) is 2.97. The van der Waals surface area contributed by atoms with E-state index in [4.69, 9.17) is 4.52 Å². The van der Waals surface area contributed by atoms with Crippen molar-refractivity contribution in [3.8, 4) is 0 Å². The summed E-state index contributed by atoms with van der Waals surface area (Å²) in [5, 5.41) is 3.85. The lowest BCUT2D eigenvalue weighted by Crippen LogP contribution is -2.38. The molecule has 8 heteroatoms. The van der Waals surface area contributed by atoms with Crippen molar-refractivity contribution in [1.29, 1.82) is 0 Å². The van der Waals surface area contributed by atoms with Crippen LogP contribution in [0.4, 0.5) is 0 Å². The van der Waals surface area contributed by atoms with Crippen LogP contribution in [0.5, 0.6) is 0 Å². The number of rotatable bonds is 4. The van der Waals surface area contributed by atoms with E-state index in [1.165, 1.54) is 4.31 Å². The van der Waals surface area contributed by atoms with Crippen molar-refractivity contribution < 1.29 is 12.9 Å². The summed E-state index contributed by atoms with van der Waals surface area (Å²) in [6.07, 6.45) is 1.82. The molecule has 1 aromatic heterocycles. The molecule has 0 aliphatic carbocycles. The summed E-state index contributed by atoms with van der Waals surface area (Å²) in [5.41, 5.74) is -0.213. The van der Waals surface area contributed by atoms with Crippen molar-refractivity contribution in [3.05, 3.63) is 11.7 Å². The van der Waals surface area contributed by atoms with Crippen molar-refractivity contribution in [2.75, 3.05) is 13.1 Å². The lowest BCUT2D eigenvalue weighted by molar-refractivity contribution is 0.358. The quantitative estimate of drug-likeness (QED) is 0.885. The Morgan fingerprint density at radius 2 is 1.95 bits per heavy atom. The van der Waals surface area contributed by atoms with E-state index < -0.39 is 10.2 Å². The van der Waals surface area contributed by atoms with Crippen LogP contribution in [-0.4, -0.2) is 36.0 Å². The molecule has 0 bridgehead atoms. The van der Waals surface area contributed by atoms with E-state index in [2.05, 4.69) is 14.9 Å². The molecule has 0 spiro atoms. The van der Waals surface area contributed by atoms with Crippen molar-refractivity contribution in [2.24, 2.45) is 0 Å². The van der Waals surface area contributed by atoms with E-state index in [0.29, 0.717) is 18.9 Å². The first-order valence-electron chi connectivity index (χ1n) is 6.37. The molecular formula is C11H20N4O3S. The third-order valence-corrected chi connectivity index (χ3v) is 4.50. The Hall–Kier alpha value is -0.990. The highest BCUT2D eigenvalue weighted by molar-refractivity contribution is 7.87. The second-order valence-electron chi connectivity index (χ2n) is 5.69. The first kappa shape index (κ1) is 14.4. The third-order valence-electron chi connectivity index (χ3n) is 2.95. The lowest BCUT2D eigenvalue weighted by atomic mass is 9.96. The number of hydrogen-bond donors (Lipinski definition) is 1. The van der Waals surface area contributed by atoms with E-state index in [9.17, 15) is 8.42 Å².